The fourth-order valence-electron chi connectivity index (χ4n) is 1.05. The minimum Gasteiger partial charge on any atom is -0.493 e. The average Bonchev–Trinajstić information content (AvgIpc) is 2.13. The van der Waals surface area contributed by atoms with Crippen LogP contribution in [0.2, 0.25) is 18.1 Å². The predicted octanol–water partition coefficient (Wildman–Crippen LogP) is 4.86. The van der Waals surface area contributed by atoms with Gasteiger partial charge in [-0.3, -0.25) is 0 Å². The van der Waals surface area contributed by atoms with Gasteiger partial charge in [-0.2, -0.15) is 0 Å². The first-order chi connectivity index (χ1) is 7.31. The second-order valence-corrected chi connectivity index (χ2v) is 10.7. The van der Waals surface area contributed by atoms with Gasteiger partial charge in [0.1, 0.15) is 5.75 Å². The van der Waals surface area contributed by atoms with Crippen molar-refractivity contribution in [3.8, 4) is 5.75 Å². The number of benzene rings is 1. The highest BCUT2D eigenvalue weighted by Gasteiger charge is 2.24. The molecule has 0 unspecified atom stereocenters. The largest absolute Gasteiger partial charge is 0.493 e. The molecule has 0 amide bonds. The van der Waals surface area contributed by atoms with Crippen LogP contribution >= 0.6 is 31.9 Å². The van der Waals surface area contributed by atoms with Crippen molar-refractivity contribution in [1.82, 2.24) is 0 Å². The highest BCUT2D eigenvalue weighted by molar-refractivity contribution is 9.11. The van der Waals surface area contributed by atoms with Crippen molar-refractivity contribution >= 4 is 40.7 Å². The van der Waals surface area contributed by atoms with E-state index in [1.165, 1.54) is 0 Å². The zero-order valence-corrected chi connectivity index (χ0v) is 14.5. The first-order valence-corrected chi connectivity index (χ1v) is 9.87. The molecule has 0 aliphatic rings. The summed E-state index contributed by atoms with van der Waals surface area (Å²) in [6.45, 7) is 10.1. The van der Waals surface area contributed by atoms with Gasteiger partial charge in [0, 0.05) is 17.7 Å². The molecule has 1 nitrogen and oxygen atoms in total. The lowest BCUT2D eigenvalue weighted by atomic mass is 10.2. The molecule has 0 bridgehead atoms. The second-order valence-electron chi connectivity index (χ2n) is 5.04. The first kappa shape index (κ1) is 14.3. The van der Waals surface area contributed by atoms with Crippen LogP contribution in [0.4, 0.5) is 0 Å². The lowest BCUT2D eigenvalue weighted by molar-refractivity contribution is 0.276. The van der Waals surface area contributed by atoms with Gasteiger partial charge in [0.2, 0.25) is 0 Å². The maximum Gasteiger partial charge on any atom is 0.121 e. The van der Waals surface area contributed by atoms with Crippen LogP contribution in [0.15, 0.2) is 27.1 Å². The molecule has 0 saturated heterocycles. The molecule has 1 aromatic rings. The summed E-state index contributed by atoms with van der Waals surface area (Å²) in [4.78, 5) is 0. The lowest BCUT2D eigenvalue weighted by Gasteiger charge is -2.28. The number of ether oxygens (including phenoxy) is 1. The highest BCUT2D eigenvalue weighted by Crippen LogP contribution is 2.31. The van der Waals surface area contributed by atoms with E-state index in [1.54, 1.807) is 0 Å². The van der Waals surface area contributed by atoms with Crippen molar-refractivity contribution in [2.24, 2.45) is 0 Å². The Morgan fingerprint density at radius 2 is 1.62 bits per heavy atom. The molecule has 90 valence electrons. The first-order valence-electron chi connectivity index (χ1n) is 5.40. The average molecular weight is 366 g/mol. The van der Waals surface area contributed by atoms with Gasteiger partial charge in [-0.05, 0) is 23.2 Å². The molecule has 0 heterocycles. The number of hydrogen-bond acceptors (Lipinski definition) is 1. The molecule has 1 aromatic carbocycles. The van der Waals surface area contributed by atoms with E-state index in [-0.39, 0.29) is 0 Å². The van der Waals surface area contributed by atoms with Crippen LogP contribution in [0.1, 0.15) is 13.8 Å². The Bertz CT molecular complexity index is 344. The molecular weight excluding hydrogens is 348 g/mol. The minimum atomic E-state index is -0.694. The zero-order valence-electron chi connectivity index (χ0n) is 10.2. The van der Waals surface area contributed by atoms with E-state index < -0.39 is 8.80 Å². The van der Waals surface area contributed by atoms with E-state index in [9.17, 15) is 0 Å². The quantitative estimate of drug-likeness (QED) is 0.692. The SMILES string of the molecule is C[SiH](C)C(C)(C)COc1cc(Br)cc(Br)c1. The third-order valence-electron chi connectivity index (χ3n) is 3.01. The van der Waals surface area contributed by atoms with Gasteiger partial charge in [-0.15, -0.1) is 0 Å². The van der Waals surface area contributed by atoms with E-state index in [1.807, 2.05) is 18.2 Å². The maximum absolute atomic E-state index is 5.87. The summed E-state index contributed by atoms with van der Waals surface area (Å²) in [7, 11) is -0.694. The Kier molecular flexibility index (Phi) is 5.07. The topological polar surface area (TPSA) is 9.23 Å². The molecule has 0 spiro atoms. The van der Waals surface area contributed by atoms with Gasteiger partial charge in [0.15, 0.2) is 0 Å². The van der Waals surface area contributed by atoms with Crippen molar-refractivity contribution in [3.63, 3.8) is 0 Å². The van der Waals surface area contributed by atoms with Crippen LogP contribution in [-0.4, -0.2) is 15.4 Å². The van der Waals surface area contributed by atoms with E-state index in [2.05, 4.69) is 58.8 Å². The number of halogens is 2. The molecule has 16 heavy (non-hydrogen) atoms. The molecule has 0 N–H and O–H groups in total. The number of hydrogen-bond donors (Lipinski definition) is 0. The van der Waals surface area contributed by atoms with E-state index in [4.69, 9.17) is 4.74 Å². The zero-order chi connectivity index (χ0) is 12.3. The fraction of sp³-hybridized carbons (Fsp3) is 0.500. The summed E-state index contributed by atoms with van der Waals surface area (Å²) in [5.74, 6) is 0.920. The Morgan fingerprint density at radius 1 is 1.12 bits per heavy atom. The minimum absolute atomic E-state index is 0.328. The van der Waals surface area contributed by atoms with Crippen molar-refractivity contribution < 1.29 is 4.74 Å². The Hall–Kier alpha value is 0.197. The van der Waals surface area contributed by atoms with Crippen LogP contribution in [0, 0.1) is 0 Å². The molecule has 0 radical (unpaired) electrons. The van der Waals surface area contributed by atoms with Gasteiger partial charge in [-0.25, -0.2) is 0 Å². The smallest absolute Gasteiger partial charge is 0.121 e. The van der Waals surface area contributed by atoms with Gasteiger partial charge in [-0.1, -0.05) is 58.8 Å². The van der Waals surface area contributed by atoms with Crippen molar-refractivity contribution in [2.75, 3.05) is 6.61 Å². The highest BCUT2D eigenvalue weighted by atomic mass is 79.9. The summed E-state index contributed by atoms with van der Waals surface area (Å²) >= 11 is 6.92. The third-order valence-corrected chi connectivity index (χ3v) is 7.22. The molecule has 0 aliphatic heterocycles. The molecule has 4 heteroatoms. The Morgan fingerprint density at radius 3 is 2.06 bits per heavy atom. The monoisotopic (exact) mass is 364 g/mol. The summed E-state index contributed by atoms with van der Waals surface area (Å²) in [5, 5.41) is 0.328. The van der Waals surface area contributed by atoms with Crippen LogP contribution in [0.3, 0.4) is 0 Å². The summed E-state index contributed by atoms with van der Waals surface area (Å²) in [6, 6.07) is 6.01. The van der Waals surface area contributed by atoms with Gasteiger partial charge < -0.3 is 4.74 Å². The summed E-state index contributed by atoms with van der Waals surface area (Å²) < 4.78 is 7.95. The third kappa shape index (κ3) is 4.22. The second kappa shape index (κ2) is 5.69. The molecule has 0 aromatic heterocycles. The fourth-order valence-corrected chi connectivity index (χ4v) is 2.72. The van der Waals surface area contributed by atoms with E-state index >= 15 is 0 Å². The molecule has 0 fully saturated rings. The van der Waals surface area contributed by atoms with Crippen LogP contribution in [0.25, 0.3) is 0 Å². The molecular formula is C12H18Br2OSi. The van der Waals surface area contributed by atoms with Gasteiger partial charge in [0.05, 0.1) is 6.61 Å². The van der Waals surface area contributed by atoms with Gasteiger partial charge in [0.25, 0.3) is 0 Å². The lowest BCUT2D eigenvalue weighted by Crippen LogP contribution is -2.27. The summed E-state index contributed by atoms with van der Waals surface area (Å²) in [5.41, 5.74) is 0. The Labute approximate surface area is 116 Å². The van der Waals surface area contributed by atoms with Crippen molar-refractivity contribution in [3.05, 3.63) is 27.1 Å². The normalized spacial score (nSPS) is 11.9. The number of rotatable bonds is 4. The van der Waals surface area contributed by atoms with E-state index in [0.29, 0.717) is 5.04 Å². The molecule has 1 rings (SSSR count). The Balaban J connectivity index is 2.68. The molecule has 0 aliphatic carbocycles. The molecule has 0 atom stereocenters. The predicted molar refractivity (Wildman–Crippen MR) is 80.3 cm³/mol. The maximum atomic E-state index is 5.87. The van der Waals surface area contributed by atoms with Crippen LogP contribution in [0.5, 0.6) is 5.75 Å². The van der Waals surface area contributed by atoms with Gasteiger partial charge >= 0.3 is 0 Å². The van der Waals surface area contributed by atoms with Crippen LogP contribution < -0.4 is 4.74 Å². The summed E-state index contributed by atoms with van der Waals surface area (Å²) in [6.07, 6.45) is 0. The van der Waals surface area contributed by atoms with Crippen molar-refractivity contribution in [1.29, 1.82) is 0 Å². The standard InChI is InChI=1S/C12H18Br2OSi/c1-12(2,16(3)4)8-15-11-6-9(13)5-10(14)7-11/h5-7,16H,8H2,1-4H3. The van der Waals surface area contributed by atoms with Crippen LogP contribution in [-0.2, 0) is 0 Å². The van der Waals surface area contributed by atoms with Crippen molar-refractivity contribution in [2.45, 2.75) is 32.0 Å². The van der Waals surface area contributed by atoms with E-state index in [0.717, 1.165) is 21.3 Å². The molecule has 0 saturated carbocycles.